The fraction of sp³-hybridized carbons (Fsp3) is 0.500. The second-order valence-electron chi connectivity index (χ2n) is 7.50. The van der Waals surface area contributed by atoms with Crippen LogP contribution in [0, 0.1) is 5.82 Å². The number of ether oxygens (including phenoxy) is 1. The highest BCUT2D eigenvalue weighted by Gasteiger charge is 2.33. The lowest BCUT2D eigenvalue weighted by atomic mass is 10.1. The third kappa shape index (κ3) is 4.43. The molecule has 1 aromatic rings. The van der Waals surface area contributed by atoms with E-state index in [1.165, 1.54) is 13.0 Å². The Labute approximate surface area is 173 Å². The van der Waals surface area contributed by atoms with Gasteiger partial charge in [-0.15, -0.1) is 0 Å². The third-order valence-electron chi connectivity index (χ3n) is 5.24. The van der Waals surface area contributed by atoms with Crippen molar-refractivity contribution in [3.05, 3.63) is 35.9 Å². The number of hydrogen-bond donors (Lipinski definition) is 2. The molecule has 2 N–H and O–H groups in total. The summed E-state index contributed by atoms with van der Waals surface area (Å²) in [6, 6.07) is 1.30. The molecule has 1 aromatic heterocycles. The first-order chi connectivity index (χ1) is 14.5. The van der Waals surface area contributed by atoms with Gasteiger partial charge in [0, 0.05) is 44.4 Å². The van der Waals surface area contributed by atoms with Gasteiger partial charge in [-0.3, -0.25) is 4.79 Å². The zero-order chi connectivity index (χ0) is 21.1. The SMILES string of the molecule is CC(=O)NC[C@@H](O)COc1ncc(F)cc1[C@H]1CCCN1C1=NC2CC=NN2C=C1. The molecule has 3 atom stereocenters. The normalized spacial score (nSPS) is 23.4. The van der Waals surface area contributed by atoms with Gasteiger partial charge in [-0.25, -0.2) is 19.4 Å². The van der Waals surface area contributed by atoms with Crippen LogP contribution in [-0.4, -0.2) is 69.9 Å². The van der Waals surface area contributed by atoms with Crippen LogP contribution in [0.5, 0.6) is 5.88 Å². The Morgan fingerprint density at radius 3 is 3.20 bits per heavy atom. The Bertz CT molecular complexity index is 889. The second kappa shape index (κ2) is 8.78. The Hall–Kier alpha value is -3.01. The van der Waals surface area contributed by atoms with Gasteiger partial charge in [0.25, 0.3) is 0 Å². The minimum Gasteiger partial charge on any atom is -0.475 e. The molecule has 1 amide bonds. The van der Waals surface area contributed by atoms with Gasteiger partial charge in [0.1, 0.15) is 30.5 Å². The van der Waals surface area contributed by atoms with Gasteiger partial charge in [0.15, 0.2) is 0 Å². The third-order valence-corrected chi connectivity index (χ3v) is 5.24. The van der Waals surface area contributed by atoms with Gasteiger partial charge >= 0.3 is 0 Å². The number of likely N-dealkylation sites (tertiary alicyclic amines) is 1. The van der Waals surface area contributed by atoms with Crippen molar-refractivity contribution in [2.24, 2.45) is 10.1 Å². The standard InChI is InChI=1S/C20H25FN6O3/c1-13(28)22-11-15(29)12-30-20-16(9-14(21)10-23-20)17-3-2-7-26(17)18-5-8-27-19(25-18)4-6-24-27/h5-6,8-10,15,17,19,29H,2-4,7,11-12H2,1H3,(H,22,28)/t15-,17-,19?/m1/s1. The van der Waals surface area contributed by atoms with E-state index in [4.69, 9.17) is 9.73 Å². The highest BCUT2D eigenvalue weighted by molar-refractivity contribution is 5.94. The minimum atomic E-state index is -0.896. The number of fused-ring (bicyclic) bond motifs is 1. The molecule has 0 spiro atoms. The molecule has 160 valence electrons. The van der Waals surface area contributed by atoms with Crippen molar-refractivity contribution in [2.45, 2.75) is 44.5 Å². The summed E-state index contributed by atoms with van der Waals surface area (Å²) < 4.78 is 19.8. The lowest BCUT2D eigenvalue weighted by Crippen LogP contribution is -2.36. The Balaban J connectivity index is 1.50. The molecular formula is C20H25FN6O3. The number of aromatic nitrogens is 1. The topological polar surface area (TPSA) is 103 Å². The lowest BCUT2D eigenvalue weighted by Gasteiger charge is -2.31. The van der Waals surface area contributed by atoms with Gasteiger partial charge < -0.3 is 20.1 Å². The van der Waals surface area contributed by atoms with E-state index < -0.39 is 11.9 Å². The molecule has 3 aliphatic heterocycles. The number of aliphatic hydroxyl groups excluding tert-OH is 1. The van der Waals surface area contributed by atoms with Crippen molar-refractivity contribution in [3.63, 3.8) is 0 Å². The molecule has 0 bridgehead atoms. The number of hydrazone groups is 1. The summed E-state index contributed by atoms with van der Waals surface area (Å²) in [6.07, 6.45) is 8.35. The number of carbonyl (C=O) groups is 1. The molecule has 0 saturated carbocycles. The first kappa shape index (κ1) is 20.3. The molecule has 0 aliphatic carbocycles. The molecule has 9 nitrogen and oxygen atoms in total. The van der Waals surface area contributed by atoms with Crippen LogP contribution in [0.15, 0.2) is 34.6 Å². The molecule has 4 heterocycles. The Kier molecular flexibility index (Phi) is 5.93. The fourth-order valence-electron chi connectivity index (χ4n) is 3.84. The van der Waals surface area contributed by atoms with Crippen molar-refractivity contribution >= 4 is 18.0 Å². The van der Waals surface area contributed by atoms with E-state index in [0.29, 0.717) is 5.56 Å². The zero-order valence-electron chi connectivity index (χ0n) is 16.7. The number of aliphatic hydroxyl groups is 1. The van der Waals surface area contributed by atoms with Crippen molar-refractivity contribution in [3.8, 4) is 5.88 Å². The van der Waals surface area contributed by atoms with Crippen LogP contribution in [0.25, 0.3) is 0 Å². The average molecular weight is 416 g/mol. The summed E-state index contributed by atoms with van der Waals surface area (Å²) >= 11 is 0. The molecule has 4 rings (SSSR count). The van der Waals surface area contributed by atoms with Crippen LogP contribution in [0.4, 0.5) is 4.39 Å². The van der Waals surface area contributed by atoms with E-state index in [0.717, 1.165) is 37.8 Å². The summed E-state index contributed by atoms with van der Waals surface area (Å²) in [7, 11) is 0. The summed E-state index contributed by atoms with van der Waals surface area (Å²) in [5.41, 5.74) is 0.625. The summed E-state index contributed by atoms with van der Waals surface area (Å²) in [6.45, 7) is 2.18. The Morgan fingerprint density at radius 1 is 1.50 bits per heavy atom. The average Bonchev–Trinajstić information content (AvgIpc) is 3.39. The smallest absolute Gasteiger partial charge is 0.218 e. The van der Waals surface area contributed by atoms with Crippen LogP contribution in [0.3, 0.4) is 0 Å². The maximum Gasteiger partial charge on any atom is 0.218 e. The van der Waals surface area contributed by atoms with E-state index in [2.05, 4.69) is 20.3 Å². The quantitative estimate of drug-likeness (QED) is 0.722. The van der Waals surface area contributed by atoms with Gasteiger partial charge in [0.2, 0.25) is 11.8 Å². The first-order valence-corrected chi connectivity index (χ1v) is 10.1. The van der Waals surface area contributed by atoms with Gasteiger partial charge in [-0.05, 0) is 25.0 Å². The van der Waals surface area contributed by atoms with Crippen LogP contribution in [0.2, 0.25) is 0 Å². The molecule has 3 aliphatic rings. The van der Waals surface area contributed by atoms with Crippen LogP contribution >= 0.6 is 0 Å². The molecule has 10 heteroatoms. The lowest BCUT2D eigenvalue weighted by molar-refractivity contribution is -0.119. The van der Waals surface area contributed by atoms with Crippen LogP contribution < -0.4 is 10.1 Å². The number of nitrogens with one attached hydrogen (secondary N) is 1. The first-order valence-electron chi connectivity index (χ1n) is 10.1. The number of hydrogen-bond acceptors (Lipinski definition) is 8. The fourth-order valence-corrected chi connectivity index (χ4v) is 3.84. The number of amides is 1. The number of nitrogens with zero attached hydrogens (tertiary/aromatic N) is 5. The molecule has 1 unspecified atom stereocenters. The maximum absolute atomic E-state index is 14.1. The largest absolute Gasteiger partial charge is 0.475 e. The van der Waals surface area contributed by atoms with E-state index in [1.54, 1.807) is 0 Å². The molecule has 1 fully saturated rings. The van der Waals surface area contributed by atoms with E-state index >= 15 is 0 Å². The van der Waals surface area contributed by atoms with Crippen molar-refractivity contribution in [2.75, 3.05) is 19.7 Å². The highest BCUT2D eigenvalue weighted by atomic mass is 19.1. The summed E-state index contributed by atoms with van der Waals surface area (Å²) in [5, 5.41) is 18.6. The van der Waals surface area contributed by atoms with Gasteiger partial charge in [0.05, 0.1) is 12.2 Å². The number of pyridine rings is 1. The minimum absolute atomic E-state index is 0.0310. The maximum atomic E-state index is 14.1. The molecule has 0 aromatic carbocycles. The molecule has 30 heavy (non-hydrogen) atoms. The van der Waals surface area contributed by atoms with Crippen molar-refractivity contribution in [1.82, 2.24) is 20.2 Å². The molecule has 0 radical (unpaired) electrons. The van der Waals surface area contributed by atoms with Crippen molar-refractivity contribution < 1.29 is 19.0 Å². The summed E-state index contributed by atoms with van der Waals surface area (Å²) in [5.74, 6) is 0.440. The highest BCUT2D eigenvalue weighted by Crippen LogP contribution is 2.37. The van der Waals surface area contributed by atoms with Crippen molar-refractivity contribution in [1.29, 1.82) is 0 Å². The number of amidine groups is 1. The monoisotopic (exact) mass is 416 g/mol. The van der Waals surface area contributed by atoms with E-state index in [9.17, 15) is 14.3 Å². The van der Waals surface area contributed by atoms with E-state index in [-0.39, 0.29) is 37.1 Å². The van der Waals surface area contributed by atoms with E-state index in [1.807, 2.05) is 23.5 Å². The number of carbonyl (C=O) groups excluding carboxylic acids is 1. The van der Waals surface area contributed by atoms with Crippen LogP contribution in [-0.2, 0) is 4.79 Å². The van der Waals surface area contributed by atoms with Crippen LogP contribution in [0.1, 0.15) is 37.8 Å². The number of aliphatic imine (C=N–C) groups is 1. The van der Waals surface area contributed by atoms with Gasteiger partial charge in [-0.2, -0.15) is 5.10 Å². The predicted molar refractivity (Wildman–Crippen MR) is 108 cm³/mol. The molecular weight excluding hydrogens is 391 g/mol. The zero-order valence-corrected chi connectivity index (χ0v) is 16.7. The summed E-state index contributed by atoms with van der Waals surface area (Å²) in [4.78, 5) is 22.0. The van der Waals surface area contributed by atoms with Gasteiger partial charge in [-0.1, -0.05) is 0 Å². The number of halogens is 1. The number of rotatable bonds is 6. The Morgan fingerprint density at radius 2 is 2.37 bits per heavy atom. The second-order valence-corrected chi connectivity index (χ2v) is 7.50. The predicted octanol–water partition coefficient (Wildman–Crippen LogP) is 1.18. The molecule has 1 saturated heterocycles.